The molecule has 3 aromatic rings. The van der Waals surface area contributed by atoms with E-state index in [1.807, 2.05) is 35.4 Å². The lowest BCUT2D eigenvalue weighted by molar-refractivity contribution is -0.192. The van der Waals surface area contributed by atoms with E-state index in [1.165, 1.54) is 11.3 Å². The number of rotatable bonds is 2. The Labute approximate surface area is 202 Å². The first kappa shape index (κ1) is 24.9. The number of piperidine rings is 1. The van der Waals surface area contributed by atoms with Gasteiger partial charge in [-0.15, -0.1) is 21.5 Å². The van der Waals surface area contributed by atoms with E-state index < -0.39 is 12.1 Å². The molecule has 13 heteroatoms. The number of carbonyl (C=O) groups excluding carboxylic acids is 1. The number of carbonyl (C=O) groups is 2. The van der Waals surface area contributed by atoms with E-state index in [9.17, 15) is 18.0 Å². The summed E-state index contributed by atoms with van der Waals surface area (Å²) in [7, 11) is 2.12. The van der Waals surface area contributed by atoms with Gasteiger partial charge >= 0.3 is 12.1 Å². The minimum atomic E-state index is -5.08. The Hall–Kier alpha value is -3.19. The second-order valence-corrected chi connectivity index (χ2v) is 9.59. The van der Waals surface area contributed by atoms with Gasteiger partial charge in [0.25, 0.3) is 5.91 Å². The first-order valence-electron chi connectivity index (χ1n) is 10.8. The number of thiophene rings is 1. The summed E-state index contributed by atoms with van der Waals surface area (Å²) in [6.07, 6.45) is -1.65. The molecule has 9 nitrogen and oxygen atoms in total. The third kappa shape index (κ3) is 4.96. The standard InChI is InChI=1S/C20H23N5O2S.C2HF3O2/c1-14-5-11-28-17(14)19(26)24-8-6-20(7-9-24)13-23(2)12-16-21-22-18(25(16)20)15-4-3-10-27-15;3-2(4,5)1(6)7/h3-5,10-11H,6-9,12-13H2,1-2H3;(H,6,7). The maximum absolute atomic E-state index is 12.9. The Morgan fingerprint density at radius 2 is 1.89 bits per heavy atom. The highest BCUT2D eigenvalue weighted by molar-refractivity contribution is 7.12. The molecule has 1 N–H and O–H groups in total. The van der Waals surface area contributed by atoms with Gasteiger partial charge in [0, 0.05) is 19.6 Å². The third-order valence-electron chi connectivity index (χ3n) is 6.20. The fourth-order valence-corrected chi connectivity index (χ4v) is 5.49. The molecule has 0 unspecified atom stereocenters. The number of likely N-dealkylation sites (tertiary alicyclic amines) is 1. The predicted octanol–water partition coefficient (Wildman–Crippen LogP) is 3.62. The fourth-order valence-electron chi connectivity index (χ4n) is 4.60. The maximum Gasteiger partial charge on any atom is 0.490 e. The van der Waals surface area contributed by atoms with Crippen LogP contribution in [0.25, 0.3) is 11.6 Å². The van der Waals surface area contributed by atoms with Crippen molar-refractivity contribution in [2.24, 2.45) is 0 Å². The summed E-state index contributed by atoms with van der Waals surface area (Å²) in [4.78, 5) is 27.0. The van der Waals surface area contributed by atoms with E-state index in [1.54, 1.807) is 6.26 Å². The summed E-state index contributed by atoms with van der Waals surface area (Å²) < 4.78 is 39.6. The first-order valence-corrected chi connectivity index (χ1v) is 11.7. The highest BCUT2D eigenvalue weighted by Gasteiger charge is 2.45. The number of aliphatic carboxylic acids is 1. The zero-order valence-electron chi connectivity index (χ0n) is 19.1. The van der Waals surface area contributed by atoms with Gasteiger partial charge in [0.1, 0.15) is 5.82 Å². The van der Waals surface area contributed by atoms with Gasteiger partial charge in [-0.3, -0.25) is 14.3 Å². The number of carboxylic acid groups (broad SMARTS) is 1. The average molecular weight is 512 g/mol. The van der Waals surface area contributed by atoms with E-state index in [0.29, 0.717) is 0 Å². The molecule has 0 saturated carbocycles. The Morgan fingerprint density at radius 1 is 1.20 bits per heavy atom. The van der Waals surface area contributed by atoms with Crippen molar-refractivity contribution in [2.45, 2.75) is 38.0 Å². The van der Waals surface area contributed by atoms with E-state index in [2.05, 4.69) is 26.7 Å². The molecule has 188 valence electrons. The molecular weight excluding hydrogens is 487 g/mol. The zero-order chi connectivity index (χ0) is 25.4. The molecule has 3 aromatic heterocycles. The lowest BCUT2D eigenvalue weighted by atomic mass is 9.84. The number of aromatic nitrogens is 3. The molecule has 35 heavy (non-hydrogen) atoms. The molecule has 2 aliphatic rings. The topological polar surface area (TPSA) is 105 Å². The second kappa shape index (κ2) is 9.46. The molecule has 0 bridgehead atoms. The smallest absolute Gasteiger partial charge is 0.475 e. The van der Waals surface area contributed by atoms with Gasteiger partial charge in [-0.1, -0.05) is 0 Å². The molecule has 1 amide bonds. The van der Waals surface area contributed by atoms with Crippen LogP contribution < -0.4 is 0 Å². The van der Waals surface area contributed by atoms with Gasteiger partial charge in [-0.05, 0) is 56.0 Å². The first-order chi connectivity index (χ1) is 16.5. The zero-order valence-corrected chi connectivity index (χ0v) is 19.9. The SMILES string of the molecule is Cc1ccsc1C(=O)N1CCC2(CC1)CN(C)Cc1nnc(-c3ccco3)n12.O=C(O)C(F)(F)F. The number of alkyl halides is 3. The number of fused-ring (bicyclic) bond motifs is 2. The van der Waals surface area contributed by atoms with Gasteiger partial charge in [0.15, 0.2) is 11.6 Å². The van der Waals surface area contributed by atoms with Crippen LogP contribution in [-0.2, 0) is 16.9 Å². The van der Waals surface area contributed by atoms with Crippen molar-refractivity contribution in [2.75, 3.05) is 26.7 Å². The number of hydrogen-bond donors (Lipinski definition) is 1. The van der Waals surface area contributed by atoms with Crippen molar-refractivity contribution >= 4 is 23.2 Å². The summed E-state index contributed by atoms with van der Waals surface area (Å²) in [5.74, 6) is -0.0966. The van der Waals surface area contributed by atoms with Gasteiger partial charge in [0.05, 0.1) is 23.2 Å². The van der Waals surface area contributed by atoms with Crippen LogP contribution in [0.2, 0.25) is 0 Å². The number of amides is 1. The third-order valence-corrected chi connectivity index (χ3v) is 7.21. The van der Waals surface area contributed by atoms with Gasteiger partial charge in [-0.2, -0.15) is 13.2 Å². The van der Waals surface area contributed by atoms with Crippen LogP contribution in [0.5, 0.6) is 0 Å². The van der Waals surface area contributed by atoms with Crippen molar-refractivity contribution in [1.29, 1.82) is 0 Å². The van der Waals surface area contributed by atoms with E-state index in [-0.39, 0.29) is 11.4 Å². The largest absolute Gasteiger partial charge is 0.490 e. The van der Waals surface area contributed by atoms with E-state index in [0.717, 1.165) is 66.9 Å². The quantitative estimate of drug-likeness (QED) is 0.560. The molecule has 5 rings (SSSR count). The Kier molecular flexibility index (Phi) is 6.73. The summed E-state index contributed by atoms with van der Waals surface area (Å²) in [6, 6.07) is 5.82. The molecule has 5 heterocycles. The van der Waals surface area contributed by atoms with Crippen LogP contribution >= 0.6 is 11.3 Å². The van der Waals surface area contributed by atoms with Crippen LogP contribution in [0.4, 0.5) is 13.2 Å². The number of hydrogen-bond acceptors (Lipinski definition) is 7. The number of carboxylic acids is 1. The molecule has 1 saturated heterocycles. The number of likely N-dealkylation sites (N-methyl/N-ethyl adjacent to an activating group) is 1. The highest BCUT2D eigenvalue weighted by Crippen LogP contribution is 2.39. The summed E-state index contributed by atoms with van der Waals surface area (Å²) >= 11 is 1.53. The lowest BCUT2D eigenvalue weighted by Crippen LogP contribution is -2.56. The summed E-state index contributed by atoms with van der Waals surface area (Å²) in [5, 5.41) is 18.0. The molecule has 2 aliphatic heterocycles. The lowest BCUT2D eigenvalue weighted by Gasteiger charge is -2.48. The second-order valence-electron chi connectivity index (χ2n) is 8.68. The average Bonchev–Trinajstić information content (AvgIpc) is 3.54. The summed E-state index contributed by atoms with van der Waals surface area (Å²) in [5.41, 5.74) is 0.948. The minimum Gasteiger partial charge on any atom is -0.475 e. The molecule has 0 atom stereocenters. The number of halogens is 3. The van der Waals surface area contributed by atoms with Crippen LogP contribution in [0.3, 0.4) is 0 Å². The monoisotopic (exact) mass is 511 g/mol. The van der Waals surface area contributed by atoms with Crippen LogP contribution in [0, 0.1) is 6.92 Å². The van der Waals surface area contributed by atoms with E-state index in [4.69, 9.17) is 14.3 Å². The van der Waals surface area contributed by atoms with Crippen molar-refractivity contribution in [3.8, 4) is 11.6 Å². The molecular formula is C22H24F3N5O4S. The fraction of sp³-hybridized carbons (Fsp3) is 0.455. The van der Waals surface area contributed by atoms with Crippen LogP contribution in [0.15, 0.2) is 34.3 Å². The Balaban J connectivity index is 0.000000364. The predicted molar refractivity (Wildman–Crippen MR) is 120 cm³/mol. The maximum atomic E-state index is 12.9. The number of aryl methyl sites for hydroxylation is 1. The number of nitrogens with zero attached hydrogens (tertiary/aromatic N) is 5. The van der Waals surface area contributed by atoms with E-state index >= 15 is 0 Å². The molecule has 1 fully saturated rings. The van der Waals surface area contributed by atoms with Crippen molar-refractivity contribution < 1.29 is 32.3 Å². The summed E-state index contributed by atoms with van der Waals surface area (Å²) in [6.45, 7) is 5.17. The highest BCUT2D eigenvalue weighted by atomic mass is 32.1. The van der Waals surface area contributed by atoms with Crippen molar-refractivity contribution in [3.05, 3.63) is 46.1 Å². The molecule has 1 spiro atoms. The Morgan fingerprint density at radius 3 is 2.43 bits per heavy atom. The minimum absolute atomic E-state index is 0.116. The van der Waals surface area contributed by atoms with Gasteiger partial charge in [-0.25, -0.2) is 4.79 Å². The Bertz CT molecular complexity index is 1200. The van der Waals surface area contributed by atoms with Crippen LogP contribution in [0.1, 0.15) is 33.9 Å². The van der Waals surface area contributed by atoms with Gasteiger partial charge in [0.2, 0.25) is 0 Å². The van der Waals surface area contributed by atoms with Gasteiger partial charge < -0.3 is 14.4 Å². The van der Waals surface area contributed by atoms with Crippen LogP contribution in [-0.4, -0.2) is 74.4 Å². The normalized spacial score (nSPS) is 17.6. The van der Waals surface area contributed by atoms with Crippen molar-refractivity contribution in [1.82, 2.24) is 24.6 Å². The van der Waals surface area contributed by atoms with Crippen molar-refractivity contribution in [3.63, 3.8) is 0 Å². The molecule has 0 aliphatic carbocycles. The number of furan rings is 1. The molecule has 0 aromatic carbocycles. The molecule has 0 radical (unpaired) electrons.